The highest BCUT2D eigenvalue weighted by molar-refractivity contribution is 5.78. The summed E-state index contributed by atoms with van der Waals surface area (Å²) in [6.45, 7) is 2.08. The Labute approximate surface area is 90.3 Å². The molecule has 4 heteroatoms. The van der Waals surface area contributed by atoms with E-state index in [1.165, 1.54) is 6.92 Å². The van der Waals surface area contributed by atoms with Gasteiger partial charge in [-0.2, -0.15) is 0 Å². The van der Waals surface area contributed by atoms with Crippen LogP contribution in [-0.4, -0.2) is 25.2 Å². The minimum Gasteiger partial charge on any atom is -0.394 e. The monoisotopic (exact) mass is 208 g/mol. The molecule has 4 nitrogen and oxygen atoms in total. The topological polar surface area (TPSA) is 50.7 Å². The highest BCUT2D eigenvalue weighted by Gasteiger charge is 1.89. The Morgan fingerprint density at radius 1 is 1.60 bits per heavy atom. The van der Waals surface area contributed by atoms with Crippen LogP contribution in [0.15, 0.2) is 35.5 Å². The van der Waals surface area contributed by atoms with Crippen LogP contribution in [0.4, 0.5) is 0 Å². The number of nitrogens with one attached hydrogen (secondary N) is 1. The average molecular weight is 208 g/mol. The molecule has 1 aromatic carbocycles. The van der Waals surface area contributed by atoms with Crippen LogP contribution >= 0.6 is 0 Å². The Morgan fingerprint density at radius 3 is 3.00 bits per heavy atom. The van der Waals surface area contributed by atoms with Gasteiger partial charge >= 0.3 is 0 Å². The maximum atomic E-state index is 10.5. The third-order valence-corrected chi connectivity index (χ3v) is 1.58. The molecule has 0 spiro atoms. The van der Waals surface area contributed by atoms with Gasteiger partial charge in [-0.15, -0.1) is 0 Å². The van der Waals surface area contributed by atoms with Gasteiger partial charge in [-0.25, -0.2) is 0 Å². The van der Waals surface area contributed by atoms with E-state index in [-0.39, 0.29) is 18.7 Å². The van der Waals surface area contributed by atoms with Crippen molar-refractivity contribution in [1.29, 1.82) is 0 Å². The Morgan fingerprint density at radius 2 is 2.33 bits per heavy atom. The first-order valence-corrected chi connectivity index (χ1v) is 4.66. The second kappa shape index (κ2) is 6.59. The molecule has 0 atom stereocenters. The first-order chi connectivity index (χ1) is 7.70. The summed E-state index contributed by atoms with van der Waals surface area (Å²) in [6, 6.07) is 9.09. The van der Waals surface area contributed by atoms with E-state index < -0.39 is 0 Å². The summed E-state index contributed by atoms with van der Waals surface area (Å²) in [6.07, 6.45) is 0.0726. The van der Waals surface area contributed by atoms with E-state index >= 15 is 0 Å². The molecule has 0 saturated heterocycles. The van der Waals surface area contributed by atoms with Crippen molar-refractivity contribution < 1.29 is 11.0 Å². The summed E-state index contributed by atoms with van der Waals surface area (Å²) in [5.41, 5.74) is 0.696. The van der Waals surface area contributed by atoms with Gasteiger partial charge in [0.1, 0.15) is 6.61 Å². The van der Waals surface area contributed by atoms with Gasteiger partial charge in [0, 0.05) is 6.92 Å². The first kappa shape index (κ1) is 9.71. The number of benzene rings is 1. The lowest BCUT2D eigenvalue weighted by atomic mass is 10.2. The predicted molar refractivity (Wildman–Crippen MR) is 58.7 cm³/mol. The Kier molecular flexibility index (Phi) is 4.26. The minimum atomic E-state index is -0.110. The van der Waals surface area contributed by atoms with Crippen molar-refractivity contribution in [2.45, 2.75) is 6.92 Å². The molecule has 1 N–H and O–H groups in total. The minimum absolute atomic E-state index is 0.0726. The summed E-state index contributed by atoms with van der Waals surface area (Å²) in [5.74, 6) is -0.110. The molecule has 1 aromatic rings. The summed E-state index contributed by atoms with van der Waals surface area (Å²) >= 11 is 0. The van der Waals surface area contributed by atoms with Crippen LogP contribution in [0.2, 0.25) is 0 Å². The third kappa shape index (κ3) is 5.46. The van der Waals surface area contributed by atoms with E-state index in [4.69, 9.17) is 6.21 Å². The fourth-order valence-electron chi connectivity index (χ4n) is 0.916. The maximum Gasteiger partial charge on any atom is 0.216 e. The molecular formula is C11H14N2O2. The number of oxime groups is 1. The van der Waals surface area contributed by atoms with Gasteiger partial charge < -0.3 is 10.2 Å². The lowest BCUT2D eigenvalue weighted by Crippen LogP contribution is -2.23. The first-order valence-electron chi connectivity index (χ1n) is 5.16. The molecule has 0 aromatic heterocycles. The van der Waals surface area contributed by atoms with E-state index in [2.05, 4.69) is 10.5 Å². The second-order valence-corrected chi connectivity index (χ2v) is 2.89. The van der Waals surface area contributed by atoms with Crippen molar-refractivity contribution in [3.05, 3.63) is 35.9 Å². The lowest BCUT2D eigenvalue weighted by Gasteiger charge is -1.99. The number of rotatable bonds is 5. The molecule has 0 aliphatic rings. The Balaban J connectivity index is 2.32. The van der Waals surface area contributed by atoms with Gasteiger partial charge in [-0.1, -0.05) is 35.5 Å². The maximum absolute atomic E-state index is 10.5. The number of carbonyl (C=O) groups excluding carboxylic acids is 1. The molecule has 0 unspecified atom stereocenters. The zero-order valence-electron chi connectivity index (χ0n) is 9.56. The van der Waals surface area contributed by atoms with E-state index in [9.17, 15) is 4.79 Å². The van der Waals surface area contributed by atoms with Crippen molar-refractivity contribution in [3.8, 4) is 0 Å². The molecule has 0 radical (unpaired) electrons. The molecule has 0 aliphatic heterocycles. The molecular weight excluding hydrogens is 192 g/mol. The number of carbonyl (C=O) groups is 1. The quantitative estimate of drug-likeness (QED) is 0.448. The molecule has 15 heavy (non-hydrogen) atoms. The zero-order valence-corrected chi connectivity index (χ0v) is 8.56. The molecule has 1 amide bonds. The molecule has 0 fully saturated rings. The Bertz CT molecular complexity index is 366. The van der Waals surface area contributed by atoms with Gasteiger partial charge in [0.25, 0.3) is 0 Å². The van der Waals surface area contributed by atoms with E-state index in [0.717, 1.165) is 0 Å². The fourth-order valence-corrected chi connectivity index (χ4v) is 0.916. The van der Waals surface area contributed by atoms with Gasteiger partial charge in [-0.3, -0.25) is 4.79 Å². The van der Waals surface area contributed by atoms with Crippen LogP contribution in [0.25, 0.3) is 0 Å². The van der Waals surface area contributed by atoms with Crippen molar-refractivity contribution in [2.24, 2.45) is 5.16 Å². The predicted octanol–water partition coefficient (Wildman–Crippen LogP) is 1.17. The average Bonchev–Trinajstić information content (AvgIpc) is 2.29. The van der Waals surface area contributed by atoms with Gasteiger partial charge in [-0.05, 0) is 5.56 Å². The largest absolute Gasteiger partial charge is 0.394 e. The van der Waals surface area contributed by atoms with E-state index in [0.29, 0.717) is 12.1 Å². The van der Waals surface area contributed by atoms with Crippen LogP contribution in [0.1, 0.15) is 13.9 Å². The normalized spacial score (nSPS) is 11.8. The third-order valence-electron chi connectivity index (χ3n) is 1.58. The van der Waals surface area contributed by atoms with Crippen LogP contribution in [0.3, 0.4) is 0 Å². The molecule has 0 aliphatic carbocycles. The molecule has 0 heterocycles. The van der Waals surface area contributed by atoms with E-state index in [1.807, 2.05) is 18.2 Å². The van der Waals surface area contributed by atoms with Crippen LogP contribution in [0, 0.1) is 0 Å². The van der Waals surface area contributed by atoms with Gasteiger partial charge in [0.05, 0.1) is 14.1 Å². The highest BCUT2D eigenvalue weighted by Crippen LogP contribution is 1.93. The SMILES string of the molecule is [3H]C(=NOCCNC(C)=O)c1ccccc1. The molecule has 1 rings (SSSR count). The molecule has 0 bridgehead atoms. The van der Waals surface area contributed by atoms with Crippen molar-refractivity contribution in [1.82, 2.24) is 5.32 Å². The van der Waals surface area contributed by atoms with Crippen LogP contribution < -0.4 is 5.32 Å². The summed E-state index contributed by atoms with van der Waals surface area (Å²) < 4.78 is 7.57. The van der Waals surface area contributed by atoms with Crippen molar-refractivity contribution in [3.63, 3.8) is 0 Å². The van der Waals surface area contributed by atoms with E-state index in [1.54, 1.807) is 12.1 Å². The summed E-state index contributed by atoms with van der Waals surface area (Å²) in [4.78, 5) is 15.4. The van der Waals surface area contributed by atoms with Gasteiger partial charge in [0.2, 0.25) is 5.91 Å². The van der Waals surface area contributed by atoms with Gasteiger partial charge in [0.15, 0.2) is 0 Å². The number of amides is 1. The van der Waals surface area contributed by atoms with Crippen molar-refractivity contribution in [2.75, 3.05) is 13.2 Å². The smallest absolute Gasteiger partial charge is 0.216 e. The Hall–Kier alpha value is -1.84. The number of nitrogens with zero attached hydrogens (tertiary/aromatic N) is 1. The standard InChI is InChI=1S/C11H14N2O2/c1-10(14)12-7-8-15-13-9-11-5-3-2-4-6-11/h2-6,9H,7-8H2,1H3,(H,12,14)/i9T. The number of hydrogen-bond acceptors (Lipinski definition) is 3. The zero-order chi connectivity index (χ0) is 11.8. The molecule has 80 valence electrons. The fraction of sp³-hybridized carbons (Fsp3) is 0.273. The lowest BCUT2D eigenvalue weighted by molar-refractivity contribution is -0.119. The molecule has 0 saturated carbocycles. The summed E-state index contributed by atoms with van der Waals surface area (Å²) in [5, 5.41) is 6.19. The second-order valence-electron chi connectivity index (χ2n) is 2.89. The van der Waals surface area contributed by atoms with Crippen molar-refractivity contribution >= 4 is 12.1 Å². The highest BCUT2D eigenvalue weighted by atomic mass is 16.6. The van der Waals surface area contributed by atoms with Crippen LogP contribution in [0.5, 0.6) is 0 Å². The summed E-state index contributed by atoms with van der Waals surface area (Å²) in [7, 11) is 0. The number of hydrogen-bond donors (Lipinski definition) is 1. The van der Waals surface area contributed by atoms with Crippen LogP contribution in [-0.2, 0) is 9.63 Å².